The molecule has 0 saturated heterocycles. The largest absolute Gasteiger partial charge is 0.493 e. The van der Waals surface area contributed by atoms with Gasteiger partial charge in [-0.1, -0.05) is 30.3 Å². The molecule has 4 aromatic carbocycles. The second-order valence-electron chi connectivity index (χ2n) is 8.41. The predicted octanol–water partition coefficient (Wildman–Crippen LogP) is 6.38. The van der Waals surface area contributed by atoms with Crippen LogP contribution in [0.1, 0.15) is 5.56 Å². The highest BCUT2D eigenvalue weighted by atomic mass is 16.5. The number of hydrogen-bond donors (Lipinski definition) is 0. The van der Waals surface area contributed by atoms with E-state index in [1.54, 1.807) is 24.3 Å². The van der Waals surface area contributed by atoms with Crippen molar-refractivity contribution in [3.63, 3.8) is 0 Å². The summed E-state index contributed by atoms with van der Waals surface area (Å²) in [6.07, 6.45) is 4.07. The number of carbonyl (C=O) groups excluding carboxylic acids is 1. The lowest BCUT2D eigenvalue weighted by Crippen LogP contribution is -2.06. The van der Waals surface area contributed by atoms with Crippen molar-refractivity contribution >= 4 is 33.8 Å². The second kappa shape index (κ2) is 11.0. The number of hydrogen-bond acceptors (Lipinski definition) is 8. The molecule has 0 atom stereocenters. The second-order valence-corrected chi connectivity index (χ2v) is 8.41. The summed E-state index contributed by atoms with van der Waals surface area (Å²) >= 11 is 0. The molecule has 0 bridgehead atoms. The normalized spacial score (nSPS) is 11.1. The van der Waals surface area contributed by atoms with Crippen LogP contribution in [0.3, 0.4) is 0 Å². The third kappa shape index (κ3) is 5.40. The van der Waals surface area contributed by atoms with Crippen molar-refractivity contribution in [1.82, 2.24) is 0 Å². The number of fused-ring (bicyclic) bond motifs is 2. The first-order chi connectivity index (χ1) is 19.0. The van der Waals surface area contributed by atoms with E-state index in [2.05, 4.69) is 0 Å². The smallest absolute Gasteiger partial charge is 0.336 e. The van der Waals surface area contributed by atoms with Gasteiger partial charge >= 0.3 is 5.97 Å². The predicted molar refractivity (Wildman–Crippen MR) is 147 cm³/mol. The van der Waals surface area contributed by atoms with Crippen molar-refractivity contribution < 1.29 is 32.9 Å². The molecule has 5 aromatic rings. The molecule has 0 saturated carbocycles. The van der Waals surface area contributed by atoms with Gasteiger partial charge in [0.15, 0.2) is 11.5 Å². The summed E-state index contributed by atoms with van der Waals surface area (Å²) in [5.74, 6) is 1.52. The fraction of sp³-hybridized carbons (Fsp3) is 0.0968. The molecule has 39 heavy (non-hydrogen) atoms. The SMILES string of the molecule is COc1cc(/C=C/C(=O)Oc2ccc3c(=O)c(Oc4ccc5ccccc5c4)coc3c2)cc(OC)c1OC. The third-order valence-corrected chi connectivity index (χ3v) is 5.98. The van der Waals surface area contributed by atoms with E-state index in [9.17, 15) is 9.59 Å². The summed E-state index contributed by atoms with van der Waals surface area (Å²) in [6, 6.07) is 21.3. The van der Waals surface area contributed by atoms with E-state index in [4.69, 9.17) is 28.1 Å². The summed E-state index contributed by atoms with van der Waals surface area (Å²) in [5, 5.41) is 2.35. The number of methoxy groups -OCH3 is 3. The van der Waals surface area contributed by atoms with E-state index >= 15 is 0 Å². The summed E-state index contributed by atoms with van der Waals surface area (Å²) in [4.78, 5) is 25.5. The Balaban J connectivity index is 1.32. The Hall–Kier alpha value is -5.24. The molecule has 0 aliphatic carbocycles. The molecule has 8 nitrogen and oxygen atoms in total. The van der Waals surface area contributed by atoms with Crippen LogP contribution >= 0.6 is 0 Å². The van der Waals surface area contributed by atoms with Crippen LogP contribution in [-0.2, 0) is 4.79 Å². The minimum Gasteiger partial charge on any atom is -0.493 e. The van der Waals surface area contributed by atoms with Crippen LogP contribution in [-0.4, -0.2) is 27.3 Å². The molecule has 0 radical (unpaired) electrons. The lowest BCUT2D eigenvalue weighted by atomic mass is 10.1. The fourth-order valence-corrected chi connectivity index (χ4v) is 4.09. The van der Waals surface area contributed by atoms with Gasteiger partial charge < -0.3 is 28.1 Å². The molecular formula is C31H24O8. The maximum atomic E-state index is 13.0. The van der Waals surface area contributed by atoms with Crippen molar-refractivity contribution in [2.75, 3.05) is 21.3 Å². The van der Waals surface area contributed by atoms with Gasteiger partial charge in [0, 0.05) is 12.1 Å². The van der Waals surface area contributed by atoms with Crippen molar-refractivity contribution in [1.29, 1.82) is 0 Å². The summed E-state index contributed by atoms with van der Waals surface area (Å²) in [7, 11) is 4.53. The van der Waals surface area contributed by atoms with Gasteiger partial charge in [-0.05, 0) is 58.8 Å². The lowest BCUT2D eigenvalue weighted by molar-refractivity contribution is -0.128. The average Bonchev–Trinajstić information content (AvgIpc) is 2.96. The molecule has 1 heterocycles. The van der Waals surface area contributed by atoms with Gasteiger partial charge in [0.2, 0.25) is 16.9 Å². The Morgan fingerprint density at radius 2 is 1.49 bits per heavy atom. The fourth-order valence-electron chi connectivity index (χ4n) is 4.09. The third-order valence-electron chi connectivity index (χ3n) is 5.98. The molecule has 0 unspecified atom stereocenters. The number of esters is 1. The summed E-state index contributed by atoms with van der Waals surface area (Å²) in [6.45, 7) is 0. The van der Waals surface area contributed by atoms with E-state index in [0.717, 1.165) is 10.8 Å². The monoisotopic (exact) mass is 524 g/mol. The molecule has 8 heteroatoms. The van der Waals surface area contributed by atoms with Crippen LogP contribution < -0.4 is 29.1 Å². The van der Waals surface area contributed by atoms with Gasteiger partial charge in [0.1, 0.15) is 23.3 Å². The molecule has 0 aliphatic rings. The minimum atomic E-state index is -0.623. The van der Waals surface area contributed by atoms with Crippen LogP contribution in [0, 0.1) is 0 Å². The number of rotatable bonds is 8. The zero-order valence-corrected chi connectivity index (χ0v) is 21.4. The minimum absolute atomic E-state index is 0.0517. The lowest BCUT2D eigenvalue weighted by Gasteiger charge is -2.12. The molecule has 0 amide bonds. The van der Waals surface area contributed by atoms with Crippen LogP contribution in [0.4, 0.5) is 0 Å². The van der Waals surface area contributed by atoms with Crippen molar-refractivity contribution in [2.45, 2.75) is 0 Å². The Morgan fingerprint density at radius 3 is 2.21 bits per heavy atom. The van der Waals surface area contributed by atoms with Gasteiger partial charge in [0.05, 0.1) is 26.7 Å². The van der Waals surface area contributed by atoms with Crippen LogP contribution in [0.5, 0.6) is 34.5 Å². The highest BCUT2D eigenvalue weighted by Crippen LogP contribution is 2.38. The maximum Gasteiger partial charge on any atom is 0.336 e. The van der Waals surface area contributed by atoms with E-state index in [1.807, 2.05) is 36.4 Å². The number of carbonyl (C=O) groups is 1. The number of ether oxygens (including phenoxy) is 5. The van der Waals surface area contributed by atoms with Crippen LogP contribution in [0.25, 0.3) is 27.8 Å². The zero-order valence-electron chi connectivity index (χ0n) is 21.4. The Labute approximate surface area is 223 Å². The maximum absolute atomic E-state index is 13.0. The van der Waals surface area contributed by atoms with Gasteiger partial charge in [-0.2, -0.15) is 0 Å². The Bertz CT molecular complexity index is 1740. The molecule has 196 valence electrons. The highest BCUT2D eigenvalue weighted by molar-refractivity contribution is 5.90. The summed E-state index contributed by atoms with van der Waals surface area (Å²) in [5.41, 5.74) is 0.555. The van der Waals surface area contributed by atoms with Crippen LogP contribution in [0.15, 0.2) is 94.3 Å². The van der Waals surface area contributed by atoms with Gasteiger partial charge in [-0.3, -0.25) is 4.79 Å². The first kappa shape index (κ1) is 25.4. The standard InChI is InChI=1S/C31H24O8/c1-34-26-14-19(15-27(35-2)31(26)36-3)8-13-29(32)39-23-11-12-24-25(17-23)37-18-28(30(24)33)38-22-10-9-20-6-4-5-7-21(20)16-22/h4-18H,1-3H3/b13-8+. The molecule has 0 aliphatic heterocycles. The van der Waals surface area contributed by atoms with E-state index in [0.29, 0.717) is 33.9 Å². The topological polar surface area (TPSA) is 93.4 Å². The van der Waals surface area contributed by atoms with Crippen molar-refractivity contribution in [3.8, 4) is 34.5 Å². The van der Waals surface area contributed by atoms with E-state index in [-0.39, 0.29) is 22.5 Å². The summed E-state index contributed by atoms with van der Waals surface area (Å²) < 4.78 is 32.8. The Morgan fingerprint density at radius 1 is 0.769 bits per heavy atom. The molecule has 0 N–H and O–H groups in total. The first-order valence-corrected chi connectivity index (χ1v) is 11.9. The molecule has 0 fully saturated rings. The van der Waals surface area contributed by atoms with Crippen molar-refractivity contribution in [3.05, 3.63) is 101 Å². The quantitative estimate of drug-likeness (QED) is 0.131. The Kier molecular flexibility index (Phi) is 7.18. The molecule has 5 rings (SSSR count). The van der Waals surface area contributed by atoms with Gasteiger partial charge in [0.25, 0.3) is 0 Å². The first-order valence-electron chi connectivity index (χ1n) is 11.9. The van der Waals surface area contributed by atoms with Crippen molar-refractivity contribution in [2.24, 2.45) is 0 Å². The van der Waals surface area contributed by atoms with Crippen LogP contribution in [0.2, 0.25) is 0 Å². The van der Waals surface area contributed by atoms with Gasteiger partial charge in [-0.15, -0.1) is 0 Å². The van der Waals surface area contributed by atoms with E-state index in [1.165, 1.54) is 51.9 Å². The molecular weight excluding hydrogens is 500 g/mol. The van der Waals surface area contributed by atoms with E-state index < -0.39 is 5.97 Å². The van der Waals surface area contributed by atoms with Gasteiger partial charge in [-0.25, -0.2) is 4.79 Å². The average molecular weight is 525 g/mol. The molecule has 1 aromatic heterocycles. The highest BCUT2D eigenvalue weighted by Gasteiger charge is 2.14. The zero-order chi connectivity index (χ0) is 27.4. The number of benzene rings is 4. The molecule has 0 spiro atoms.